The lowest BCUT2D eigenvalue weighted by molar-refractivity contribution is 0.0920. The minimum absolute atomic E-state index is 0.111. The van der Waals surface area contributed by atoms with Crippen LogP contribution < -0.4 is 15.6 Å². The highest BCUT2D eigenvalue weighted by Crippen LogP contribution is 2.14. The monoisotopic (exact) mass is 305 g/mol. The van der Waals surface area contributed by atoms with Gasteiger partial charge in [0.2, 0.25) is 0 Å². The second-order valence-electron chi connectivity index (χ2n) is 4.61. The fourth-order valence-corrected chi connectivity index (χ4v) is 1.77. The number of H-pyrrole nitrogens is 1. The molecule has 0 aliphatic carbocycles. The second-order valence-corrected chi connectivity index (χ2v) is 4.61. The summed E-state index contributed by atoms with van der Waals surface area (Å²) < 4.78 is 18.7. The third-order valence-electron chi connectivity index (χ3n) is 2.95. The molecule has 0 aliphatic rings. The van der Waals surface area contributed by atoms with Gasteiger partial charge in [0.15, 0.2) is 0 Å². The molecular formula is C15H16FN3O3. The molecular weight excluding hydrogens is 289 g/mol. The second kappa shape index (κ2) is 7.35. The van der Waals surface area contributed by atoms with E-state index < -0.39 is 5.91 Å². The summed E-state index contributed by atoms with van der Waals surface area (Å²) in [6, 6.07) is 5.82. The Kier molecular flexibility index (Phi) is 5.24. The van der Waals surface area contributed by atoms with E-state index in [-0.39, 0.29) is 29.7 Å². The van der Waals surface area contributed by atoms with Crippen molar-refractivity contribution in [1.82, 2.24) is 15.3 Å². The zero-order chi connectivity index (χ0) is 15.9. The van der Waals surface area contributed by atoms with Gasteiger partial charge >= 0.3 is 0 Å². The van der Waals surface area contributed by atoms with Gasteiger partial charge in [-0.2, -0.15) is 0 Å². The molecule has 1 atom stereocenters. The number of rotatable bonds is 6. The van der Waals surface area contributed by atoms with Crippen LogP contribution in [0.5, 0.6) is 5.75 Å². The first kappa shape index (κ1) is 15.7. The Morgan fingerprint density at radius 1 is 1.50 bits per heavy atom. The smallest absolute Gasteiger partial charge is 0.271 e. The quantitative estimate of drug-likeness (QED) is 0.847. The SMILES string of the molecule is CC[C@H](CNC(=O)c1c[nH]c(=O)cn1)Oc1cccc(F)c1. The highest BCUT2D eigenvalue weighted by atomic mass is 19.1. The maximum Gasteiger partial charge on any atom is 0.271 e. The lowest BCUT2D eigenvalue weighted by atomic mass is 10.2. The molecule has 1 heterocycles. The third-order valence-corrected chi connectivity index (χ3v) is 2.95. The summed E-state index contributed by atoms with van der Waals surface area (Å²) in [4.78, 5) is 28.9. The van der Waals surface area contributed by atoms with Crippen LogP contribution >= 0.6 is 0 Å². The molecule has 2 aromatic rings. The van der Waals surface area contributed by atoms with Crippen molar-refractivity contribution in [2.75, 3.05) is 6.54 Å². The Balaban J connectivity index is 1.91. The summed E-state index contributed by atoms with van der Waals surface area (Å²) in [6.45, 7) is 2.14. The van der Waals surface area contributed by atoms with Crippen LogP contribution in [0.15, 0.2) is 41.5 Å². The van der Waals surface area contributed by atoms with Gasteiger partial charge in [-0.1, -0.05) is 13.0 Å². The number of carbonyl (C=O) groups excluding carboxylic acids is 1. The van der Waals surface area contributed by atoms with E-state index in [1.165, 1.54) is 18.3 Å². The van der Waals surface area contributed by atoms with Gasteiger partial charge < -0.3 is 15.0 Å². The predicted molar refractivity (Wildman–Crippen MR) is 78.3 cm³/mol. The zero-order valence-electron chi connectivity index (χ0n) is 12.0. The molecule has 0 aliphatic heterocycles. The number of hydrogen-bond donors (Lipinski definition) is 2. The van der Waals surface area contributed by atoms with Crippen LogP contribution in [0.2, 0.25) is 0 Å². The lowest BCUT2D eigenvalue weighted by Gasteiger charge is -2.18. The van der Waals surface area contributed by atoms with Crippen molar-refractivity contribution in [1.29, 1.82) is 0 Å². The number of nitrogens with one attached hydrogen (secondary N) is 2. The summed E-state index contributed by atoms with van der Waals surface area (Å²) in [5.74, 6) is -0.394. The molecule has 1 aromatic heterocycles. The first-order valence-electron chi connectivity index (χ1n) is 6.83. The van der Waals surface area contributed by atoms with E-state index in [4.69, 9.17) is 4.74 Å². The highest BCUT2D eigenvalue weighted by Gasteiger charge is 2.12. The molecule has 2 rings (SSSR count). The van der Waals surface area contributed by atoms with Crippen molar-refractivity contribution < 1.29 is 13.9 Å². The number of aromatic amines is 1. The van der Waals surface area contributed by atoms with Gasteiger partial charge in [-0.15, -0.1) is 0 Å². The molecule has 1 aromatic carbocycles. The average Bonchev–Trinajstić information content (AvgIpc) is 2.52. The third kappa shape index (κ3) is 4.41. The molecule has 0 saturated carbocycles. The Hall–Kier alpha value is -2.70. The van der Waals surface area contributed by atoms with Gasteiger partial charge in [-0.25, -0.2) is 9.37 Å². The summed E-state index contributed by atoms with van der Waals surface area (Å²) in [5, 5.41) is 2.66. The fourth-order valence-electron chi connectivity index (χ4n) is 1.77. The highest BCUT2D eigenvalue weighted by molar-refractivity contribution is 5.91. The Morgan fingerprint density at radius 2 is 2.32 bits per heavy atom. The predicted octanol–water partition coefficient (Wildman–Crippen LogP) is 1.50. The maximum absolute atomic E-state index is 13.1. The van der Waals surface area contributed by atoms with Crippen molar-refractivity contribution in [2.24, 2.45) is 0 Å². The molecule has 7 heteroatoms. The van der Waals surface area contributed by atoms with Gasteiger partial charge in [-0.05, 0) is 18.6 Å². The van der Waals surface area contributed by atoms with E-state index in [9.17, 15) is 14.0 Å². The van der Waals surface area contributed by atoms with Crippen LogP contribution in [-0.4, -0.2) is 28.5 Å². The maximum atomic E-state index is 13.1. The number of aromatic nitrogens is 2. The number of benzene rings is 1. The van der Waals surface area contributed by atoms with E-state index >= 15 is 0 Å². The van der Waals surface area contributed by atoms with Gasteiger partial charge in [0.25, 0.3) is 11.5 Å². The topological polar surface area (TPSA) is 84.1 Å². The molecule has 0 radical (unpaired) electrons. The summed E-state index contributed by atoms with van der Waals surface area (Å²) in [7, 11) is 0. The van der Waals surface area contributed by atoms with Crippen LogP contribution in [0.25, 0.3) is 0 Å². The Labute approximate surface area is 126 Å². The number of ether oxygens (including phenoxy) is 1. The minimum atomic E-state index is -0.419. The van der Waals surface area contributed by atoms with E-state index in [1.54, 1.807) is 12.1 Å². The van der Waals surface area contributed by atoms with Crippen molar-refractivity contribution in [2.45, 2.75) is 19.4 Å². The van der Waals surface area contributed by atoms with E-state index in [2.05, 4.69) is 15.3 Å². The first-order valence-corrected chi connectivity index (χ1v) is 6.83. The molecule has 1 amide bonds. The van der Waals surface area contributed by atoms with Crippen LogP contribution in [0.3, 0.4) is 0 Å². The van der Waals surface area contributed by atoms with Gasteiger partial charge in [0.05, 0.1) is 12.7 Å². The first-order chi connectivity index (χ1) is 10.6. The molecule has 0 unspecified atom stereocenters. The normalized spacial score (nSPS) is 11.7. The average molecular weight is 305 g/mol. The zero-order valence-corrected chi connectivity index (χ0v) is 12.0. The summed E-state index contributed by atoms with van der Waals surface area (Å²) in [5.41, 5.74) is -0.266. The molecule has 22 heavy (non-hydrogen) atoms. The molecule has 0 bridgehead atoms. The Morgan fingerprint density at radius 3 is 2.95 bits per heavy atom. The summed E-state index contributed by atoms with van der Waals surface area (Å²) >= 11 is 0. The van der Waals surface area contributed by atoms with Gasteiger partial charge in [-0.3, -0.25) is 9.59 Å². The molecule has 116 valence electrons. The van der Waals surface area contributed by atoms with Crippen molar-refractivity contribution in [3.63, 3.8) is 0 Å². The van der Waals surface area contributed by atoms with E-state index in [0.717, 1.165) is 6.20 Å². The number of nitrogens with zero attached hydrogens (tertiary/aromatic N) is 1. The van der Waals surface area contributed by atoms with Gasteiger partial charge in [0.1, 0.15) is 23.4 Å². The molecule has 0 spiro atoms. The van der Waals surface area contributed by atoms with Crippen LogP contribution in [0.1, 0.15) is 23.8 Å². The van der Waals surface area contributed by atoms with E-state index in [0.29, 0.717) is 12.2 Å². The van der Waals surface area contributed by atoms with E-state index in [1.807, 2.05) is 6.92 Å². The number of halogens is 1. The number of hydrogen-bond acceptors (Lipinski definition) is 4. The standard InChI is InChI=1S/C15H16FN3O3/c1-2-11(22-12-5-3-4-10(16)6-12)7-19-15(21)13-8-18-14(20)9-17-13/h3-6,8-9,11H,2,7H2,1H3,(H,18,20)(H,19,21)/t11-/m1/s1. The summed E-state index contributed by atoms with van der Waals surface area (Å²) in [6.07, 6.45) is 2.62. The Bertz CT molecular complexity index is 682. The van der Waals surface area contributed by atoms with Crippen molar-refractivity contribution in [3.05, 3.63) is 58.5 Å². The lowest BCUT2D eigenvalue weighted by Crippen LogP contribution is -2.35. The minimum Gasteiger partial charge on any atom is -0.489 e. The van der Waals surface area contributed by atoms with Crippen LogP contribution in [0, 0.1) is 5.82 Å². The van der Waals surface area contributed by atoms with Crippen molar-refractivity contribution in [3.8, 4) is 5.75 Å². The van der Waals surface area contributed by atoms with Crippen LogP contribution in [-0.2, 0) is 0 Å². The molecule has 0 fully saturated rings. The number of amides is 1. The van der Waals surface area contributed by atoms with Crippen LogP contribution in [0.4, 0.5) is 4.39 Å². The number of carbonyl (C=O) groups is 1. The van der Waals surface area contributed by atoms with Gasteiger partial charge in [0, 0.05) is 12.3 Å². The molecule has 2 N–H and O–H groups in total. The van der Waals surface area contributed by atoms with Crippen molar-refractivity contribution >= 4 is 5.91 Å². The fraction of sp³-hybridized carbons (Fsp3) is 0.267. The largest absolute Gasteiger partial charge is 0.489 e. The molecule has 6 nitrogen and oxygen atoms in total. The molecule has 0 saturated heterocycles.